The summed E-state index contributed by atoms with van der Waals surface area (Å²) >= 11 is 0. The van der Waals surface area contributed by atoms with Crippen molar-refractivity contribution in [2.75, 3.05) is 64.7 Å². The number of piperazine rings is 1. The summed E-state index contributed by atoms with van der Waals surface area (Å²) in [7, 11) is 2.21. The third-order valence-electron chi connectivity index (χ3n) is 8.53. The highest BCUT2D eigenvalue weighted by Gasteiger charge is 2.23. The predicted molar refractivity (Wildman–Crippen MR) is 150 cm³/mol. The van der Waals surface area contributed by atoms with Crippen LogP contribution in [0.15, 0.2) is 48.0 Å². The van der Waals surface area contributed by atoms with E-state index in [9.17, 15) is 4.79 Å². The van der Waals surface area contributed by atoms with Gasteiger partial charge >= 0.3 is 0 Å². The highest BCUT2D eigenvalue weighted by Crippen LogP contribution is 2.33. The van der Waals surface area contributed by atoms with E-state index in [0.717, 1.165) is 77.2 Å². The summed E-state index contributed by atoms with van der Waals surface area (Å²) in [5.74, 6) is 0.713. The van der Waals surface area contributed by atoms with E-state index in [1.807, 2.05) is 0 Å². The minimum atomic E-state index is 0.0996. The molecule has 0 aromatic heterocycles. The molecule has 0 bridgehead atoms. The summed E-state index contributed by atoms with van der Waals surface area (Å²) in [5.41, 5.74) is 9.43. The smallest absolute Gasteiger partial charge is 0.238 e. The minimum absolute atomic E-state index is 0.0996. The Labute approximate surface area is 217 Å². The molecule has 1 amide bonds. The molecule has 5 nitrogen and oxygen atoms in total. The average Bonchev–Trinajstić information content (AvgIpc) is 2.88. The molecule has 1 N–H and O–H groups in total. The number of hydrogen-bond donors (Lipinski definition) is 1. The number of amides is 1. The lowest BCUT2D eigenvalue weighted by Gasteiger charge is -2.34. The van der Waals surface area contributed by atoms with E-state index in [-0.39, 0.29) is 5.91 Å². The Morgan fingerprint density at radius 2 is 1.61 bits per heavy atom. The summed E-state index contributed by atoms with van der Waals surface area (Å²) in [6, 6.07) is 15.5. The number of hydrogen-bond acceptors (Lipinski definition) is 4. The van der Waals surface area contributed by atoms with Crippen molar-refractivity contribution in [3.63, 3.8) is 0 Å². The lowest BCUT2D eigenvalue weighted by Crippen LogP contribution is -2.45. The molecule has 0 unspecified atom stereocenters. The monoisotopic (exact) mass is 486 g/mol. The first kappa shape index (κ1) is 25.2. The van der Waals surface area contributed by atoms with Crippen molar-refractivity contribution in [1.29, 1.82) is 0 Å². The molecule has 1 aliphatic carbocycles. The van der Waals surface area contributed by atoms with Crippen molar-refractivity contribution in [3.05, 3.63) is 70.3 Å². The zero-order valence-electron chi connectivity index (χ0n) is 22.4. The normalized spacial score (nSPS) is 20.4. The Morgan fingerprint density at radius 3 is 2.33 bits per heavy atom. The third kappa shape index (κ3) is 6.08. The zero-order valence-corrected chi connectivity index (χ0v) is 22.4. The van der Waals surface area contributed by atoms with Crippen molar-refractivity contribution in [1.82, 2.24) is 14.7 Å². The molecule has 2 aromatic rings. The molecule has 36 heavy (non-hydrogen) atoms. The Morgan fingerprint density at radius 1 is 0.889 bits per heavy atom. The second-order valence-electron chi connectivity index (χ2n) is 11.2. The summed E-state index contributed by atoms with van der Waals surface area (Å²) in [5, 5.41) is 3.17. The van der Waals surface area contributed by atoms with E-state index in [1.54, 1.807) is 5.57 Å². The number of nitrogens with one attached hydrogen (secondary N) is 1. The van der Waals surface area contributed by atoms with Crippen LogP contribution in [0.2, 0.25) is 0 Å². The molecule has 2 saturated heterocycles. The molecule has 5 heteroatoms. The molecular weight excluding hydrogens is 444 g/mol. The topological polar surface area (TPSA) is 38.8 Å². The van der Waals surface area contributed by atoms with Crippen molar-refractivity contribution in [3.8, 4) is 0 Å². The van der Waals surface area contributed by atoms with Crippen LogP contribution in [0, 0.1) is 6.92 Å². The highest BCUT2D eigenvalue weighted by molar-refractivity contribution is 5.92. The van der Waals surface area contributed by atoms with Gasteiger partial charge in [0.05, 0.1) is 6.54 Å². The van der Waals surface area contributed by atoms with E-state index in [1.165, 1.54) is 27.8 Å². The molecule has 0 spiro atoms. The lowest BCUT2D eigenvalue weighted by atomic mass is 9.85. The molecule has 2 fully saturated rings. The van der Waals surface area contributed by atoms with E-state index < -0.39 is 0 Å². The molecular formula is C31H42N4O. The van der Waals surface area contributed by atoms with Crippen LogP contribution >= 0.6 is 0 Å². The van der Waals surface area contributed by atoms with Crippen LogP contribution in [0.25, 0.3) is 5.57 Å². The van der Waals surface area contributed by atoms with Crippen LogP contribution in [0.3, 0.4) is 0 Å². The van der Waals surface area contributed by atoms with E-state index in [4.69, 9.17) is 0 Å². The van der Waals surface area contributed by atoms with Gasteiger partial charge in [-0.1, -0.05) is 41.5 Å². The number of likely N-dealkylation sites (N-methyl/N-ethyl adjacent to an activating group) is 1. The Balaban J connectivity index is 1.13. The predicted octanol–water partition coefficient (Wildman–Crippen LogP) is 4.78. The van der Waals surface area contributed by atoms with Gasteiger partial charge in [-0.3, -0.25) is 14.6 Å². The second kappa shape index (κ2) is 11.3. The van der Waals surface area contributed by atoms with Crippen LogP contribution in [-0.4, -0.2) is 80.0 Å². The molecule has 3 aliphatic rings. The van der Waals surface area contributed by atoms with Gasteiger partial charge in [0.25, 0.3) is 0 Å². The molecule has 2 aliphatic heterocycles. The van der Waals surface area contributed by atoms with Gasteiger partial charge in [0.15, 0.2) is 0 Å². The number of benzene rings is 2. The third-order valence-corrected chi connectivity index (χ3v) is 8.53. The fourth-order valence-corrected chi connectivity index (χ4v) is 6.05. The van der Waals surface area contributed by atoms with E-state index in [2.05, 4.69) is 83.4 Å². The summed E-state index contributed by atoms with van der Waals surface area (Å²) in [4.78, 5) is 20.1. The number of anilines is 1. The van der Waals surface area contributed by atoms with Crippen LogP contribution in [0.5, 0.6) is 0 Å². The van der Waals surface area contributed by atoms with Gasteiger partial charge in [0, 0.05) is 38.4 Å². The van der Waals surface area contributed by atoms with Crippen molar-refractivity contribution in [2.24, 2.45) is 0 Å². The van der Waals surface area contributed by atoms with E-state index >= 15 is 0 Å². The first-order chi connectivity index (χ1) is 17.4. The number of aryl methyl sites for hydroxylation is 2. The number of nitrogens with zero attached hydrogens (tertiary/aromatic N) is 3. The highest BCUT2D eigenvalue weighted by atomic mass is 16.2. The van der Waals surface area contributed by atoms with Gasteiger partial charge in [0.2, 0.25) is 5.91 Å². The van der Waals surface area contributed by atoms with Crippen LogP contribution in [0.4, 0.5) is 5.69 Å². The van der Waals surface area contributed by atoms with Crippen molar-refractivity contribution < 1.29 is 4.79 Å². The van der Waals surface area contributed by atoms with Gasteiger partial charge in [0.1, 0.15) is 0 Å². The first-order valence-corrected chi connectivity index (χ1v) is 13.8. The van der Waals surface area contributed by atoms with Crippen molar-refractivity contribution in [2.45, 2.75) is 45.4 Å². The van der Waals surface area contributed by atoms with Crippen LogP contribution < -0.4 is 5.32 Å². The van der Waals surface area contributed by atoms with Gasteiger partial charge < -0.3 is 10.2 Å². The zero-order chi connectivity index (χ0) is 25.1. The minimum Gasteiger partial charge on any atom is -0.325 e. The fourth-order valence-electron chi connectivity index (χ4n) is 6.05. The fraction of sp³-hybridized carbons (Fsp3) is 0.516. The Kier molecular flexibility index (Phi) is 7.90. The molecule has 0 radical (unpaired) electrons. The maximum atomic E-state index is 12.8. The summed E-state index contributed by atoms with van der Waals surface area (Å²) in [6.45, 7) is 12.6. The second-order valence-corrected chi connectivity index (χ2v) is 11.2. The van der Waals surface area contributed by atoms with Crippen LogP contribution in [0.1, 0.15) is 54.4 Å². The molecule has 192 valence electrons. The number of piperidine rings is 1. The van der Waals surface area contributed by atoms with Gasteiger partial charge in [-0.2, -0.15) is 0 Å². The largest absolute Gasteiger partial charge is 0.325 e. The number of likely N-dealkylation sites (tertiary alicyclic amines) is 1. The molecule has 5 rings (SSSR count). The molecule has 2 heterocycles. The van der Waals surface area contributed by atoms with Gasteiger partial charge in [-0.05, 0) is 100.0 Å². The number of carbonyl (C=O) groups excluding carboxylic acids is 1. The first-order valence-electron chi connectivity index (χ1n) is 13.8. The van der Waals surface area contributed by atoms with Gasteiger partial charge in [-0.15, -0.1) is 0 Å². The molecule has 2 aromatic carbocycles. The molecule has 0 saturated carbocycles. The Hall–Kier alpha value is -2.47. The number of allylic oxidation sites excluding steroid dienone is 1. The number of carbonyl (C=O) groups is 1. The van der Waals surface area contributed by atoms with Crippen LogP contribution in [-0.2, 0) is 11.2 Å². The number of rotatable bonds is 6. The van der Waals surface area contributed by atoms with Gasteiger partial charge in [-0.25, -0.2) is 0 Å². The SMILES string of the molecule is CC1=C(CN2CCN(C)CC2)CCc2cc(NC(=O)CN3CCC(c4ccc(C)cc4)CC3)ccc21. The number of fused-ring (bicyclic) bond motifs is 1. The lowest BCUT2D eigenvalue weighted by molar-refractivity contribution is -0.117. The Bertz CT molecular complexity index is 1090. The summed E-state index contributed by atoms with van der Waals surface area (Å²) in [6.07, 6.45) is 4.43. The maximum Gasteiger partial charge on any atom is 0.238 e. The quantitative estimate of drug-likeness (QED) is 0.638. The standard InChI is InChI=1S/C31H42N4O/c1-23-4-6-25(7-5-23)26-12-14-34(15-13-26)22-31(36)32-29-10-11-30-24(2)28(9-8-27(30)20-29)21-35-18-16-33(3)17-19-35/h4-7,10-11,20,26H,8-9,12-19,21-22H2,1-3H3,(H,32,36). The van der Waals surface area contributed by atoms with Crippen molar-refractivity contribution >= 4 is 17.2 Å². The summed E-state index contributed by atoms with van der Waals surface area (Å²) < 4.78 is 0. The average molecular weight is 487 g/mol. The maximum absolute atomic E-state index is 12.8. The molecule has 0 atom stereocenters. The van der Waals surface area contributed by atoms with E-state index in [0.29, 0.717) is 12.5 Å².